The van der Waals surface area contributed by atoms with Gasteiger partial charge in [-0.3, -0.25) is 9.36 Å². The standard InChI is InChI=1S/C22H32N2OS/c25-22-24(20-9-4-5-10-21(20)26-22)14-6-13-23-15-11-19(12-16-23)17-18-7-2-1-3-8-18/h4-5,9-10,18-19H,1-3,6-8,11-17H2. The van der Waals surface area contributed by atoms with Crippen molar-refractivity contribution in [2.24, 2.45) is 11.8 Å². The van der Waals surface area contributed by atoms with Crippen LogP contribution in [0, 0.1) is 11.8 Å². The molecule has 2 heterocycles. The van der Waals surface area contributed by atoms with E-state index in [2.05, 4.69) is 17.0 Å². The second-order valence-electron chi connectivity index (χ2n) is 8.37. The first-order valence-corrected chi connectivity index (χ1v) is 11.4. The Morgan fingerprint density at radius 1 is 0.923 bits per heavy atom. The zero-order valence-corrected chi connectivity index (χ0v) is 16.7. The smallest absolute Gasteiger partial charge is 0.303 e. The first-order valence-electron chi connectivity index (χ1n) is 10.6. The molecule has 1 saturated heterocycles. The van der Waals surface area contributed by atoms with Gasteiger partial charge in [0.25, 0.3) is 0 Å². The number of piperidine rings is 1. The summed E-state index contributed by atoms with van der Waals surface area (Å²) in [6.07, 6.45) is 12.7. The summed E-state index contributed by atoms with van der Waals surface area (Å²) in [4.78, 5) is 15.0. The van der Waals surface area contributed by atoms with Gasteiger partial charge in [-0.25, -0.2) is 0 Å². The molecule has 4 heteroatoms. The Kier molecular flexibility index (Phi) is 6.11. The van der Waals surface area contributed by atoms with Crippen molar-refractivity contribution in [1.82, 2.24) is 9.47 Å². The van der Waals surface area contributed by atoms with Crippen molar-refractivity contribution in [2.75, 3.05) is 19.6 Å². The molecular weight excluding hydrogens is 340 g/mol. The molecule has 3 nitrogen and oxygen atoms in total. The minimum Gasteiger partial charge on any atom is -0.303 e. The lowest BCUT2D eigenvalue weighted by molar-refractivity contribution is 0.155. The Hall–Kier alpha value is -1.13. The minimum atomic E-state index is 0.192. The summed E-state index contributed by atoms with van der Waals surface area (Å²) >= 11 is 1.38. The van der Waals surface area contributed by atoms with Crippen LogP contribution in [0.3, 0.4) is 0 Å². The first kappa shape index (κ1) is 18.2. The summed E-state index contributed by atoms with van der Waals surface area (Å²) in [5, 5.41) is 0. The highest BCUT2D eigenvalue weighted by Gasteiger charge is 2.23. The van der Waals surface area contributed by atoms with Crippen LogP contribution in [-0.4, -0.2) is 29.1 Å². The normalized spacial score (nSPS) is 20.8. The van der Waals surface area contributed by atoms with Gasteiger partial charge in [-0.2, -0.15) is 0 Å². The Balaban J connectivity index is 1.21. The number of hydrogen-bond donors (Lipinski definition) is 0. The molecule has 2 aliphatic rings. The van der Waals surface area contributed by atoms with E-state index in [0.717, 1.165) is 41.6 Å². The monoisotopic (exact) mass is 372 g/mol. The highest BCUT2D eigenvalue weighted by molar-refractivity contribution is 7.16. The molecule has 4 rings (SSSR count). The number of thiazole rings is 1. The molecule has 1 aliphatic heterocycles. The van der Waals surface area contributed by atoms with Crippen LogP contribution in [0.2, 0.25) is 0 Å². The molecule has 26 heavy (non-hydrogen) atoms. The van der Waals surface area contributed by atoms with E-state index in [1.54, 1.807) is 0 Å². The van der Waals surface area contributed by atoms with Crippen molar-refractivity contribution in [1.29, 1.82) is 0 Å². The van der Waals surface area contributed by atoms with E-state index >= 15 is 0 Å². The molecule has 0 unspecified atom stereocenters. The number of fused-ring (bicyclic) bond motifs is 1. The molecule has 2 aromatic rings. The molecule has 1 aromatic carbocycles. The quantitative estimate of drug-likeness (QED) is 0.702. The van der Waals surface area contributed by atoms with Crippen LogP contribution in [0.25, 0.3) is 10.2 Å². The number of nitrogens with zero attached hydrogens (tertiary/aromatic N) is 2. The van der Waals surface area contributed by atoms with E-state index in [1.807, 2.05) is 16.7 Å². The predicted molar refractivity (Wildman–Crippen MR) is 111 cm³/mol. The SMILES string of the molecule is O=c1sc2ccccc2n1CCCN1CCC(CC2CCCCC2)CC1. The average molecular weight is 373 g/mol. The Morgan fingerprint density at radius 3 is 2.46 bits per heavy atom. The lowest BCUT2D eigenvalue weighted by atomic mass is 9.80. The van der Waals surface area contributed by atoms with Gasteiger partial charge in [-0.1, -0.05) is 55.6 Å². The van der Waals surface area contributed by atoms with Crippen molar-refractivity contribution >= 4 is 21.6 Å². The summed E-state index contributed by atoms with van der Waals surface area (Å²) in [5.74, 6) is 2.00. The van der Waals surface area contributed by atoms with Gasteiger partial charge >= 0.3 is 4.87 Å². The van der Waals surface area contributed by atoms with Crippen LogP contribution in [0.4, 0.5) is 0 Å². The first-order chi connectivity index (χ1) is 12.8. The molecule has 0 amide bonds. The van der Waals surface area contributed by atoms with E-state index in [4.69, 9.17) is 0 Å². The van der Waals surface area contributed by atoms with Gasteiger partial charge in [0, 0.05) is 6.54 Å². The third kappa shape index (κ3) is 4.40. The van der Waals surface area contributed by atoms with Crippen LogP contribution in [0.5, 0.6) is 0 Å². The van der Waals surface area contributed by atoms with E-state index in [0.29, 0.717) is 0 Å². The van der Waals surface area contributed by atoms with E-state index < -0.39 is 0 Å². The molecule has 1 saturated carbocycles. The average Bonchev–Trinajstić information content (AvgIpc) is 2.99. The molecule has 142 valence electrons. The summed E-state index contributed by atoms with van der Waals surface area (Å²) in [7, 11) is 0. The molecule has 0 N–H and O–H groups in total. The maximum absolute atomic E-state index is 12.2. The summed E-state index contributed by atoms with van der Waals surface area (Å²) in [6.45, 7) is 4.50. The van der Waals surface area contributed by atoms with Gasteiger partial charge in [0.1, 0.15) is 0 Å². The number of aromatic nitrogens is 1. The van der Waals surface area contributed by atoms with Gasteiger partial charge in [0.2, 0.25) is 0 Å². The molecule has 0 spiro atoms. The van der Waals surface area contributed by atoms with Crippen molar-refractivity contribution in [2.45, 2.75) is 64.3 Å². The number of hydrogen-bond acceptors (Lipinski definition) is 3. The zero-order chi connectivity index (χ0) is 17.8. The second kappa shape index (κ2) is 8.71. The number of benzene rings is 1. The second-order valence-corrected chi connectivity index (χ2v) is 9.36. The maximum atomic E-state index is 12.2. The lowest BCUT2D eigenvalue weighted by Crippen LogP contribution is -2.35. The van der Waals surface area contributed by atoms with E-state index in [9.17, 15) is 4.79 Å². The van der Waals surface area contributed by atoms with Crippen LogP contribution in [-0.2, 0) is 6.54 Å². The van der Waals surface area contributed by atoms with E-state index in [-0.39, 0.29) is 4.87 Å². The topological polar surface area (TPSA) is 25.2 Å². The fraction of sp³-hybridized carbons (Fsp3) is 0.682. The zero-order valence-electron chi connectivity index (χ0n) is 15.9. The number of rotatable bonds is 6. The highest BCUT2D eigenvalue weighted by Crippen LogP contribution is 2.32. The molecule has 2 fully saturated rings. The predicted octanol–water partition coefficient (Wildman–Crippen LogP) is 5.14. The summed E-state index contributed by atoms with van der Waals surface area (Å²) in [6, 6.07) is 8.17. The third-order valence-corrected chi connectivity index (χ3v) is 7.49. The molecule has 0 atom stereocenters. The molecular formula is C22H32N2OS. The molecule has 0 radical (unpaired) electrons. The molecule has 1 aromatic heterocycles. The third-order valence-electron chi connectivity index (χ3n) is 6.53. The van der Waals surface area contributed by atoms with Crippen molar-refractivity contribution in [3.05, 3.63) is 33.9 Å². The maximum Gasteiger partial charge on any atom is 0.308 e. The lowest BCUT2D eigenvalue weighted by Gasteiger charge is -2.34. The van der Waals surface area contributed by atoms with Crippen molar-refractivity contribution in [3.63, 3.8) is 0 Å². The van der Waals surface area contributed by atoms with Crippen LogP contribution in [0.1, 0.15) is 57.8 Å². The Morgan fingerprint density at radius 2 is 1.65 bits per heavy atom. The number of para-hydroxylation sites is 1. The Bertz CT molecular complexity index is 751. The van der Waals surface area contributed by atoms with Crippen molar-refractivity contribution < 1.29 is 0 Å². The van der Waals surface area contributed by atoms with Gasteiger partial charge in [0.15, 0.2) is 0 Å². The van der Waals surface area contributed by atoms with Gasteiger partial charge in [0.05, 0.1) is 10.2 Å². The number of aryl methyl sites for hydroxylation is 1. The Labute approximate surface area is 161 Å². The largest absolute Gasteiger partial charge is 0.308 e. The minimum absolute atomic E-state index is 0.192. The number of likely N-dealkylation sites (tertiary alicyclic amines) is 1. The van der Waals surface area contributed by atoms with E-state index in [1.165, 1.54) is 75.8 Å². The van der Waals surface area contributed by atoms with Gasteiger partial charge in [-0.05, 0) is 69.3 Å². The summed E-state index contributed by atoms with van der Waals surface area (Å²) < 4.78 is 3.08. The fourth-order valence-corrected chi connectivity index (χ4v) is 5.94. The fourth-order valence-electron chi connectivity index (χ4n) is 5.02. The highest BCUT2D eigenvalue weighted by atomic mass is 32.1. The van der Waals surface area contributed by atoms with Crippen LogP contribution < -0.4 is 4.87 Å². The molecule has 0 bridgehead atoms. The van der Waals surface area contributed by atoms with Crippen LogP contribution >= 0.6 is 11.3 Å². The van der Waals surface area contributed by atoms with Crippen molar-refractivity contribution in [3.8, 4) is 0 Å². The van der Waals surface area contributed by atoms with Crippen LogP contribution in [0.15, 0.2) is 29.1 Å². The van der Waals surface area contributed by atoms with Gasteiger partial charge in [-0.15, -0.1) is 0 Å². The summed E-state index contributed by atoms with van der Waals surface area (Å²) in [5.41, 5.74) is 1.11. The van der Waals surface area contributed by atoms with Gasteiger partial charge < -0.3 is 4.90 Å². The molecule has 1 aliphatic carbocycles.